The summed E-state index contributed by atoms with van der Waals surface area (Å²) in [7, 11) is 0. The number of hydrogen-bond donors (Lipinski definition) is 2. The van der Waals surface area contributed by atoms with Crippen LogP contribution >= 0.6 is 22.6 Å². The van der Waals surface area contributed by atoms with Crippen LogP contribution in [0.5, 0.6) is 0 Å². The molecule has 4 heteroatoms. The van der Waals surface area contributed by atoms with E-state index in [4.69, 9.17) is 0 Å². The fraction of sp³-hybridized carbons (Fsp3) is 0.188. The average molecular weight is 378 g/mol. The van der Waals surface area contributed by atoms with Gasteiger partial charge in [-0.2, -0.15) is 0 Å². The third-order valence-corrected chi connectivity index (χ3v) is 4.69. The number of anilines is 1. The molecule has 1 aliphatic rings. The quantitative estimate of drug-likeness (QED) is 0.786. The van der Waals surface area contributed by atoms with E-state index in [1.54, 1.807) is 0 Å². The molecule has 0 unspecified atom stereocenters. The molecule has 2 N–H and O–H groups in total. The highest BCUT2D eigenvalue weighted by atomic mass is 127. The minimum atomic E-state index is -0.0562. The number of amides is 1. The predicted molar refractivity (Wildman–Crippen MR) is 88.8 cm³/mol. The summed E-state index contributed by atoms with van der Waals surface area (Å²) >= 11 is 2.28. The van der Waals surface area contributed by atoms with Gasteiger partial charge in [-0.15, -0.1) is 0 Å². The third-order valence-electron chi connectivity index (χ3n) is 3.53. The largest absolute Gasteiger partial charge is 0.322 e. The van der Waals surface area contributed by atoms with E-state index >= 15 is 0 Å². The van der Waals surface area contributed by atoms with Gasteiger partial charge in [0.1, 0.15) is 0 Å². The van der Waals surface area contributed by atoms with Crippen molar-refractivity contribution in [2.45, 2.75) is 20.0 Å². The molecule has 102 valence electrons. The second-order valence-electron chi connectivity index (χ2n) is 5.01. The van der Waals surface area contributed by atoms with Crippen LogP contribution in [-0.2, 0) is 13.1 Å². The molecule has 20 heavy (non-hydrogen) atoms. The van der Waals surface area contributed by atoms with Crippen molar-refractivity contribution in [3.05, 3.63) is 62.2 Å². The Labute approximate surface area is 131 Å². The first-order valence-corrected chi connectivity index (χ1v) is 7.61. The fourth-order valence-corrected chi connectivity index (χ4v) is 2.83. The molecule has 0 saturated heterocycles. The van der Waals surface area contributed by atoms with Gasteiger partial charge in [0.05, 0.1) is 0 Å². The van der Waals surface area contributed by atoms with Crippen LogP contribution in [0.1, 0.15) is 27.0 Å². The van der Waals surface area contributed by atoms with E-state index in [2.05, 4.69) is 40.1 Å². The monoisotopic (exact) mass is 378 g/mol. The zero-order chi connectivity index (χ0) is 14.1. The van der Waals surface area contributed by atoms with Gasteiger partial charge in [-0.3, -0.25) is 4.79 Å². The summed E-state index contributed by atoms with van der Waals surface area (Å²) in [6.45, 7) is 3.80. The summed E-state index contributed by atoms with van der Waals surface area (Å²) in [6, 6.07) is 11.8. The maximum absolute atomic E-state index is 12.3. The molecule has 0 bridgehead atoms. The second-order valence-corrected chi connectivity index (χ2v) is 6.17. The molecule has 0 aromatic heterocycles. The predicted octanol–water partition coefficient (Wildman–Crippen LogP) is 3.46. The number of nitrogens with one attached hydrogen (secondary N) is 2. The topological polar surface area (TPSA) is 41.1 Å². The van der Waals surface area contributed by atoms with Gasteiger partial charge in [-0.25, -0.2) is 0 Å². The van der Waals surface area contributed by atoms with E-state index in [1.807, 2.05) is 36.4 Å². The van der Waals surface area contributed by atoms with Crippen LogP contribution in [0.3, 0.4) is 0 Å². The highest BCUT2D eigenvalue weighted by molar-refractivity contribution is 14.1. The van der Waals surface area contributed by atoms with Crippen molar-refractivity contribution in [1.82, 2.24) is 5.32 Å². The molecule has 1 amide bonds. The van der Waals surface area contributed by atoms with Gasteiger partial charge in [0.15, 0.2) is 0 Å². The molecule has 0 atom stereocenters. The molecule has 0 radical (unpaired) electrons. The van der Waals surface area contributed by atoms with Crippen LogP contribution in [0.4, 0.5) is 5.69 Å². The number of halogens is 1. The number of hydrogen-bond acceptors (Lipinski definition) is 2. The number of fused-ring (bicyclic) bond motifs is 1. The molecule has 1 aliphatic heterocycles. The van der Waals surface area contributed by atoms with Crippen LogP contribution in [0.2, 0.25) is 0 Å². The summed E-state index contributed by atoms with van der Waals surface area (Å²) in [5, 5.41) is 6.24. The van der Waals surface area contributed by atoms with Crippen molar-refractivity contribution in [2.24, 2.45) is 0 Å². The molecule has 3 rings (SSSR count). The summed E-state index contributed by atoms with van der Waals surface area (Å²) in [5.74, 6) is -0.0562. The van der Waals surface area contributed by atoms with Crippen LogP contribution in [0, 0.1) is 10.5 Å². The number of carbonyl (C=O) groups is 1. The van der Waals surface area contributed by atoms with E-state index in [9.17, 15) is 4.79 Å². The van der Waals surface area contributed by atoms with Crippen molar-refractivity contribution in [2.75, 3.05) is 5.32 Å². The number of aryl methyl sites for hydroxylation is 1. The lowest BCUT2D eigenvalue weighted by molar-refractivity contribution is 0.102. The van der Waals surface area contributed by atoms with E-state index in [-0.39, 0.29) is 5.91 Å². The first-order chi connectivity index (χ1) is 9.63. The Morgan fingerprint density at radius 1 is 1.15 bits per heavy atom. The number of benzene rings is 2. The van der Waals surface area contributed by atoms with E-state index in [1.165, 1.54) is 16.7 Å². The summed E-state index contributed by atoms with van der Waals surface area (Å²) in [4.78, 5) is 12.3. The van der Waals surface area contributed by atoms with Crippen molar-refractivity contribution in [1.29, 1.82) is 0 Å². The average Bonchev–Trinajstić information content (AvgIpc) is 2.90. The molecular formula is C16H15IN2O. The smallest absolute Gasteiger partial charge is 0.255 e. The third kappa shape index (κ3) is 2.71. The molecule has 0 fully saturated rings. The molecule has 1 heterocycles. The SMILES string of the molecule is Cc1ccc(NC(=O)c2ccc3c(c2)CNC3)cc1I. The van der Waals surface area contributed by atoms with E-state index in [0.717, 1.165) is 22.3 Å². The molecule has 0 aliphatic carbocycles. The van der Waals surface area contributed by atoms with Crippen LogP contribution in [0.15, 0.2) is 36.4 Å². The lowest BCUT2D eigenvalue weighted by atomic mass is 10.1. The Hall–Kier alpha value is -1.40. The Morgan fingerprint density at radius 2 is 1.95 bits per heavy atom. The lowest BCUT2D eigenvalue weighted by Gasteiger charge is -2.08. The first-order valence-electron chi connectivity index (χ1n) is 6.53. The maximum Gasteiger partial charge on any atom is 0.255 e. The Kier molecular flexibility index (Phi) is 3.76. The van der Waals surface area contributed by atoms with Crippen LogP contribution < -0.4 is 10.6 Å². The van der Waals surface area contributed by atoms with Crippen LogP contribution in [-0.4, -0.2) is 5.91 Å². The number of carbonyl (C=O) groups excluding carboxylic acids is 1. The zero-order valence-corrected chi connectivity index (χ0v) is 13.3. The standard InChI is InChI=1S/C16H15IN2O/c1-10-2-5-14(7-15(10)17)19-16(20)11-3-4-12-8-18-9-13(12)6-11/h2-7,18H,8-9H2,1H3,(H,19,20). The van der Waals surface area contributed by atoms with Crippen molar-refractivity contribution < 1.29 is 4.79 Å². The molecule has 0 saturated carbocycles. The Balaban J connectivity index is 1.80. The first kappa shape index (κ1) is 13.6. The van der Waals surface area contributed by atoms with Gasteiger partial charge in [-0.1, -0.05) is 12.1 Å². The van der Waals surface area contributed by atoms with Crippen LogP contribution in [0.25, 0.3) is 0 Å². The molecule has 2 aromatic carbocycles. The van der Waals surface area contributed by atoms with Crippen molar-refractivity contribution in [3.8, 4) is 0 Å². The summed E-state index contributed by atoms with van der Waals surface area (Å²) in [6.07, 6.45) is 0. The molecule has 3 nitrogen and oxygen atoms in total. The zero-order valence-electron chi connectivity index (χ0n) is 11.2. The molecule has 0 spiro atoms. The normalized spacial score (nSPS) is 13.1. The minimum Gasteiger partial charge on any atom is -0.322 e. The van der Waals surface area contributed by atoms with Gasteiger partial charge in [0, 0.05) is 27.9 Å². The van der Waals surface area contributed by atoms with E-state index < -0.39 is 0 Å². The van der Waals surface area contributed by atoms with Gasteiger partial charge in [-0.05, 0) is 70.5 Å². The minimum absolute atomic E-state index is 0.0562. The highest BCUT2D eigenvalue weighted by Gasteiger charge is 2.13. The fourth-order valence-electron chi connectivity index (χ4n) is 2.31. The lowest BCUT2D eigenvalue weighted by Crippen LogP contribution is -2.12. The van der Waals surface area contributed by atoms with Gasteiger partial charge < -0.3 is 10.6 Å². The van der Waals surface area contributed by atoms with Gasteiger partial charge in [0.25, 0.3) is 5.91 Å². The summed E-state index contributed by atoms with van der Waals surface area (Å²) in [5.41, 5.74) is 5.27. The Bertz CT molecular complexity index is 682. The van der Waals surface area contributed by atoms with E-state index in [0.29, 0.717) is 5.56 Å². The Morgan fingerprint density at radius 3 is 2.75 bits per heavy atom. The van der Waals surface area contributed by atoms with Crippen molar-refractivity contribution in [3.63, 3.8) is 0 Å². The van der Waals surface area contributed by atoms with Crippen molar-refractivity contribution >= 4 is 34.2 Å². The van der Waals surface area contributed by atoms with Gasteiger partial charge in [0.2, 0.25) is 0 Å². The maximum atomic E-state index is 12.3. The summed E-state index contributed by atoms with van der Waals surface area (Å²) < 4.78 is 1.15. The highest BCUT2D eigenvalue weighted by Crippen LogP contribution is 2.20. The molecular weight excluding hydrogens is 363 g/mol. The number of rotatable bonds is 2. The second kappa shape index (κ2) is 5.54. The molecule has 2 aromatic rings. The van der Waals surface area contributed by atoms with Gasteiger partial charge >= 0.3 is 0 Å².